The Morgan fingerprint density at radius 1 is 1.10 bits per heavy atom. The molecule has 2 aromatic carbocycles. The lowest BCUT2D eigenvalue weighted by Gasteiger charge is -2.25. The molecule has 0 heterocycles. The zero-order valence-corrected chi connectivity index (χ0v) is 11.8. The fourth-order valence-electron chi connectivity index (χ4n) is 2.27. The van der Waals surface area contributed by atoms with E-state index in [2.05, 4.69) is 0 Å². The topological polar surface area (TPSA) is 32.7 Å². The van der Waals surface area contributed by atoms with Crippen molar-refractivity contribution in [3.8, 4) is 5.75 Å². The van der Waals surface area contributed by atoms with Crippen LogP contribution in [0.25, 0.3) is 0 Å². The van der Waals surface area contributed by atoms with Gasteiger partial charge in [-0.1, -0.05) is 18.2 Å². The first kappa shape index (κ1) is 14.3. The van der Waals surface area contributed by atoms with Crippen LogP contribution in [0.3, 0.4) is 0 Å². The number of aliphatic hydroxyl groups is 1. The van der Waals surface area contributed by atoms with Crippen LogP contribution in [-0.2, 0) is 0 Å². The Morgan fingerprint density at radius 3 is 2.40 bits per heavy atom. The molecule has 0 aliphatic carbocycles. The number of rotatable bonds is 4. The molecule has 1 atom stereocenters. The predicted molar refractivity (Wildman–Crippen MR) is 78.1 cm³/mol. The highest BCUT2D eigenvalue weighted by molar-refractivity contribution is 5.71. The van der Waals surface area contributed by atoms with Gasteiger partial charge in [0.25, 0.3) is 0 Å². The summed E-state index contributed by atoms with van der Waals surface area (Å²) in [6.45, 7) is 1.55. The molecule has 0 aliphatic heterocycles. The number of anilines is 2. The molecule has 0 saturated heterocycles. The molecule has 3 nitrogen and oxygen atoms in total. The fourth-order valence-corrected chi connectivity index (χ4v) is 2.27. The monoisotopic (exact) mass is 275 g/mol. The summed E-state index contributed by atoms with van der Waals surface area (Å²) in [6, 6.07) is 12.2. The van der Waals surface area contributed by atoms with Gasteiger partial charge in [-0.2, -0.15) is 0 Å². The van der Waals surface area contributed by atoms with Gasteiger partial charge in [-0.05, 0) is 31.2 Å². The summed E-state index contributed by atoms with van der Waals surface area (Å²) in [5, 5.41) is 9.81. The van der Waals surface area contributed by atoms with Gasteiger partial charge < -0.3 is 14.7 Å². The lowest BCUT2D eigenvalue weighted by atomic mass is 10.1. The number of methoxy groups -OCH3 is 1. The van der Waals surface area contributed by atoms with Gasteiger partial charge >= 0.3 is 0 Å². The molecule has 0 unspecified atom stereocenters. The van der Waals surface area contributed by atoms with E-state index in [-0.39, 0.29) is 5.56 Å². The highest BCUT2D eigenvalue weighted by Gasteiger charge is 2.18. The number of ether oxygens (including phenoxy) is 1. The molecule has 0 aliphatic rings. The zero-order chi connectivity index (χ0) is 14.7. The van der Waals surface area contributed by atoms with Crippen molar-refractivity contribution >= 4 is 11.4 Å². The van der Waals surface area contributed by atoms with Crippen molar-refractivity contribution < 1.29 is 14.2 Å². The van der Waals surface area contributed by atoms with Crippen LogP contribution >= 0.6 is 0 Å². The lowest BCUT2D eigenvalue weighted by molar-refractivity contribution is 0.194. The minimum atomic E-state index is -0.886. The summed E-state index contributed by atoms with van der Waals surface area (Å²) < 4.78 is 19.3. The summed E-state index contributed by atoms with van der Waals surface area (Å²) in [5.41, 5.74) is 1.70. The number of para-hydroxylation sites is 2. The van der Waals surface area contributed by atoms with Crippen LogP contribution < -0.4 is 9.64 Å². The van der Waals surface area contributed by atoms with E-state index in [1.807, 2.05) is 36.2 Å². The van der Waals surface area contributed by atoms with Crippen molar-refractivity contribution in [2.75, 3.05) is 19.1 Å². The van der Waals surface area contributed by atoms with Gasteiger partial charge in [-0.3, -0.25) is 0 Å². The highest BCUT2D eigenvalue weighted by atomic mass is 19.1. The predicted octanol–water partition coefficient (Wildman–Crippen LogP) is 3.66. The molecule has 0 spiro atoms. The molecule has 2 rings (SSSR count). The Labute approximate surface area is 118 Å². The van der Waals surface area contributed by atoms with Crippen LogP contribution in [0.2, 0.25) is 0 Å². The number of nitrogens with zero attached hydrogens (tertiary/aromatic N) is 1. The van der Waals surface area contributed by atoms with Gasteiger partial charge in [0.15, 0.2) is 0 Å². The Hall–Kier alpha value is -2.07. The SMILES string of the molecule is COc1ccccc1N(C)c1cccc(F)c1[C@H](C)O. The van der Waals surface area contributed by atoms with E-state index in [1.54, 1.807) is 26.2 Å². The number of hydrogen-bond acceptors (Lipinski definition) is 3. The van der Waals surface area contributed by atoms with E-state index in [0.717, 1.165) is 5.69 Å². The maximum absolute atomic E-state index is 13.9. The van der Waals surface area contributed by atoms with Gasteiger partial charge in [0.1, 0.15) is 11.6 Å². The average Bonchev–Trinajstić information content (AvgIpc) is 2.45. The van der Waals surface area contributed by atoms with E-state index < -0.39 is 11.9 Å². The van der Waals surface area contributed by atoms with Gasteiger partial charge in [0.05, 0.1) is 18.9 Å². The summed E-state index contributed by atoms with van der Waals surface area (Å²) in [5.74, 6) is 0.273. The van der Waals surface area contributed by atoms with Gasteiger partial charge in [0.2, 0.25) is 0 Å². The maximum Gasteiger partial charge on any atom is 0.142 e. The Balaban J connectivity index is 2.54. The van der Waals surface area contributed by atoms with Crippen LogP contribution in [0.4, 0.5) is 15.8 Å². The van der Waals surface area contributed by atoms with Crippen molar-refractivity contribution in [2.24, 2.45) is 0 Å². The van der Waals surface area contributed by atoms with E-state index in [4.69, 9.17) is 4.74 Å². The van der Waals surface area contributed by atoms with Crippen LogP contribution in [0, 0.1) is 5.82 Å². The summed E-state index contributed by atoms with van der Waals surface area (Å²) in [4.78, 5) is 1.81. The molecule has 106 valence electrons. The standard InChI is InChI=1S/C16H18FNO2/c1-11(19)16-12(17)7-6-9-14(16)18(2)13-8-4-5-10-15(13)20-3/h4-11,19H,1-3H3/t11-/m0/s1. The van der Waals surface area contributed by atoms with Gasteiger partial charge in [-0.25, -0.2) is 4.39 Å². The maximum atomic E-state index is 13.9. The Morgan fingerprint density at radius 2 is 1.75 bits per heavy atom. The van der Waals surface area contributed by atoms with Crippen molar-refractivity contribution in [3.63, 3.8) is 0 Å². The molecular formula is C16H18FNO2. The molecule has 0 saturated carbocycles. The molecule has 4 heteroatoms. The molecular weight excluding hydrogens is 257 g/mol. The number of benzene rings is 2. The zero-order valence-electron chi connectivity index (χ0n) is 11.8. The minimum Gasteiger partial charge on any atom is -0.495 e. The van der Waals surface area contributed by atoms with E-state index >= 15 is 0 Å². The smallest absolute Gasteiger partial charge is 0.142 e. The minimum absolute atomic E-state index is 0.279. The number of halogens is 1. The van der Waals surface area contributed by atoms with E-state index in [1.165, 1.54) is 6.07 Å². The normalized spacial score (nSPS) is 12.1. The van der Waals surface area contributed by atoms with Crippen LogP contribution in [0.5, 0.6) is 5.75 Å². The first-order chi connectivity index (χ1) is 9.56. The van der Waals surface area contributed by atoms with E-state index in [9.17, 15) is 9.50 Å². The second kappa shape index (κ2) is 5.92. The molecule has 2 aromatic rings. The molecule has 0 amide bonds. The van der Waals surface area contributed by atoms with Crippen LogP contribution in [0.15, 0.2) is 42.5 Å². The molecule has 0 fully saturated rings. The largest absolute Gasteiger partial charge is 0.495 e. The Kier molecular flexibility index (Phi) is 4.25. The third-order valence-electron chi connectivity index (χ3n) is 3.26. The van der Waals surface area contributed by atoms with Crippen molar-refractivity contribution in [2.45, 2.75) is 13.0 Å². The Bertz CT molecular complexity index is 599. The lowest BCUT2D eigenvalue weighted by Crippen LogP contribution is -2.14. The second-order valence-electron chi connectivity index (χ2n) is 4.58. The molecule has 0 radical (unpaired) electrons. The van der Waals surface area contributed by atoms with Crippen LogP contribution in [0.1, 0.15) is 18.6 Å². The summed E-state index contributed by atoms with van der Waals surface area (Å²) in [7, 11) is 3.41. The van der Waals surface area contributed by atoms with Crippen molar-refractivity contribution in [3.05, 3.63) is 53.8 Å². The highest BCUT2D eigenvalue weighted by Crippen LogP contribution is 2.36. The fraction of sp³-hybridized carbons (Fsp3) is 0.250. The quantitative estimate of drug-likeness (QED) is 0.924. The first-order valence-electron chi connectivity index (χ1n) is 6.39. The summed E-state index contributed by atoms with van der Waals surface area (Å²) >= 11 is 0. The van der Waals surface area contributed by atoms with Crippen molar-refractivity contribution in [1.29, 1.82) is 0 Å². The first-order valence-corrected chi connectivity index (χ1v) is 6.39. The second-order valence-corrected chi connectivity index (χ2v) is 4.58. The van der Waals surface area contributed by atoms with E-state index in [0.29, 0.717) is 11.4 Å². The summed E-state index contributed by atoms with van der Waals surface area (Å²) in [6.07, 6.45) is -0.886. The number of aliphatic hydroxyl groups excluding tert-OH is 1. The van der Waals surface area contributed by atoms with Gasteiger partial charge in [0, 0.05) is 18.3 Å². The molecule has 1 N–H and O–H groups in total. The number of hydrogen-bond donors (Lipinski definition) is 1. The molecule has 0 aromatic heterocycles. The third-order valence-corrected chi connectivity index (χ3v) is 3.26. The molecule has 20 heavy (non-hydrogen) atoms. The third kappa shape index (κ3) is 2.60. The van der Waals surface area contributed by atoms with Crippen molar-refractivity contribution in [1.82, 2.24) is 0 Å². The van der Waals surface area contributed by atoms with Gasteiger partial charge in [-0.15, -0.1) is 0 Å². The average molecular weight is 275 g/mol. The van der Waals surface area contributed by atoms with Crippen LogP contribution in [-0.4, -0.2) is 19.3 Å². The molecule has 0 bridgehead atoms.